The maximum Gasteiger partial charge on any atom is 0.306 e. The predicted molar refractivity (Wildman–Crippen MR) is 246 cm³/mol. The summed E-state index contributed by atoms with van der Waals surface area (Å²) < 4.78 is 5.91. The maximum atomic E-state index is 13.2. The van der Waals surface area contributed by atoms with E-state index in [1.165, 1.54) is 173 Å². The van der Waals surface area contributed by atoms with Gasteiger partial charge in [-0.1, -0.05) is 226 Å². The van der Waals surface area contributed by atoms with Gasteiger partial charge >= 0.3 is 5.97 Å². The number of rotatable bonds is 46. The first-order valence-electron chi connectivity index (χ1n) is 25.4. The molecule has 0 spiro atoms. The molecule has 3 unspecified atom stereocenters. The van der Waals surface area contributed by atoms with Gasteiger partial charge in [0.1, 0.15) is 6.10 Å². The van der Waals surface area contributed by atoms with Gasteiger partial charge in [-0.25, -0.2) is 0 Å². The SMILES string of the molecule is CCCCCC/C=C\CCCCCCCC(CC(=O)NC(CO)C(O)CCCCCCCCCCCCCCCCCC)OC(=O)CCCCCCCCCCC. The Balaban J connectivity index is 4.46. The van der Waals surface area contributed by atoms with Crippen LogP contribution in [0.25, 0.3) is 0 Å². The van der Waals surface area contributed by atoms with E-state index in [9.17, 15) is 19.8 Å². The molecule has 1 amide bonds. The van der Waals surface area contributed by atoms with Crippen molar-refractivity contribution < 1.29 is 24.5 Å². The van der Waals surface area contributed by atoms with Crippen LogP contribution in [0.5, 0.6) is 0 Å². The van der Waals surface area contributed by atoms with Gasteiger partial charge in [-0.15, -0.1) is 0 Å². The third-order valence-electron chi connectivity index (χ3n) is 11.8. The fraction of sp³-hybridized carbons (Fsp3) is 0.922. The van der Waals surface area contributed by atoms with Gasteiger partial charge in [0.2, 0.25) is 5.91 Å². The van der Waals surface area contributed by atoms with Crippen LogP contribution in [0.3, 0.4) is 0 Å². The Bertz CT molecular complexity index is 863. The number of carbonyl (C=O) groups excluding carboxylic acids is 2. The topological polar surface area (TPSA) is 95.9 Å². The standard InChI is InChI=1S/C51H99NO5/c1-4-7-10-13-16-19-21-23-24-25-27-29-32-34-37-40-43-49(54)48(46-53)52-50(55)45-47(57-51(56)44-41-38-35-30-18-15-12-9-6-3)42-39-36-33-31-28-26-22-20-17-14-11-8-5-2/h20,22,47-49,53-54H,4-19,21,23-46H2,1-3H3,(H,52,55)/b22-20-. The fourth-order valence-corrected chi connectivity index (χ4v) is 7.96. The third-order valence-corrected chi connectivity index (χ3v) is 11.8. The van der Waals surface area contributed by atoms with E-state index in [0.717, 1.165) is 57.8 Å². The van der Waals surface area contributed by atoms with Crippen LogP contribution in [0.2, 0.25) is 0 Å². The Morgan fingerprint density at radius 2 is 0.842 bits per heavy atom. The van der Waals surface area contributed by atoms with Gasteiger partial charge in [0.05, 0.1) is 25.2 Å². The second-order valence-corrected chi connectivity index (χ2v) is 17.6. The second kappa shape index (κ2) is 45.7. The summed E-state index contributed by atoms with van der Waals surface area (Å²) in [6.45, 7) is 6.47. The van der Waals surface area contributed by atoms with Crippen molar-refractivity contribution in [2.75, 3.05) is 6.61 Å². The number of unbranched alkanes of at least 4 members (excludes halogenated alkanes) is 32. The zero-order valence-corrected chi connectivity index (χ0v) is 38.5. The lowest BCUT2D eigenvalue weighted by Gasteiger charge is -2.24. The summed E-state index contributed by atoms with van der Waals surface area (Å²) in [5, 5.41) is 23.8. The quantitative estimate of drug-likeness (QED) is 0.0323. The molecule has 0 aromatic carbocycles. The predicted octanol–water partition coefficient (Wildman–Crippen LogP) is 15.0. The fourth-order valence-electron chi connectivity index (χ4n) is 7.96. The summed E-state index contributed by atoms with van der Waals surface area (Å²) in [4.78, 5) is 26.0. The molecular formula is C51H99NO5. The van der Waals surface area contributed by atoms with E-state index in [0.29, 0.717) is 19.3 Å². The third kappa shape index (κ3) is 41.1. The van der Waals surface area contributed by atoms with E-state index >= 15 is 0 Å². The first kappa shape index (κ1) is 55.6. The summed E-state index contributed by atoms with van der Waals surface area (Å²) in [6, 6.07) is -0.697. The lowest BCUT2D eigenvalue weighted by molar-refractivity contribution is -0.151. The largest absolute Gasteiger partial charge is 0.462 e. The van der Waals surface area contributed by atoms with Crippen LogP contribution in [0.4, 0.5) is 0 Å². The Morgan fingerprint density at radius 1 is 0.491 bits per heavy atom. The summed E-state index contributed by atoms with van der Waals surface area (Å²) in [6.07, 6.45) is 49.9. The van der Waals surface area contributed by atoms with Crippen LogP contribution in [-0.2, 0) is 14.3 Å². The summed E-state index contributed by atoms with van der Waals surface area (Å²) in [5.41, 5.74) is 0. The molecule has 0 aromatic rings. The molecule has 0 saturated heterocycles. The average Bonchev–Trinajstić information content (AvgIpc) is 3.20. The smallest absolute Gasteiger partial charge is 0.306 e. The van der Waals surface area contributed by atoms with Crippen LogP contribution in [0, 0.1) is 0 Å². The Labute approximate surface area is 355 Å². The van der Waals surface area contributed by atoms with E-state index in [1.54, 1.807) is 0 Å². The van der Waals surface area contributed by atoms with Gasteiger partial charge < -0.3 is 20.3 Å². The zero-order valence-electron chi connectivity index (χ0n) is 38.5. The molecule has 0 radical (unpaired) electrons. The second-order valence-electron chi connectivity index (χ2n) is 17.6. The van der Waals surface area contributed by atoms with E-state index < -0.39 is 18.2 Å². The van der Waals surface area contributed by atoms with E-state index in [1.807, 2.05) is 0 Å². The number of esters is 1. The number of carbonyl (C=O) groups is 2. The van der Waals surface area contributed by atoms with Gasteiger partial charge in [0.25, 0.3) is 0 Å². The highest BCUT2D eigenvalue weighted by Gasteiger charge is 2.24. The van der Waals surface area contributed by atoms with Crippen molar-refractivity contribution in [1.29, 1.82) is 0 Å². The lowest BCUT2D eigenvalue weighted by atomic mass is 10.0. The molecule has 6 nitrogen and oxygen atoms in total. The molecule has 0 aliphatic carbocycles. The Hall–Kier alpha value is -1.40. The highest BCUT2D eigenvalue weighted by molar-refractivity contribution is 5.77. The van der Waals surface area contributed by atoms with Crippen LogP contribution in [0.15, 0.2) is 12.2 Å². The number of amides is 1. The number of ether oxygens (including phenoxy) is 1. The number of aliphatic hydroxyl groups excluding tert-OH is 2. The lowest BCUT2D eigenvalue weighted by Crippen LogP contribution is -2.46. The molecule has 57 heavy (non-hydrogen) atoms. The molecule has 3 N–H and O–H groups in total. The van der Waals surface area contributed by atoms with Crippen molar-refractivity contribution in [2.24, 2.45) is 0 Å². The van der Waals surface area contributed by atoms with Gasteiger partial charge in [-0.2, -0.15) is 0 Å². The average molecular weight is 806 g/mol. The molecule has 3 atom stereocenters. The van der Waals surface area contributed by atoms with Crippen molar-refractivity contribution in [3.63, 3.8) is 0 Å². The first-order valence-corrected chi connectivity index (χ1v) is 25.4. The van der Waals surface area contributed by atoms with Gasteiger partial charge in [0, 0.05) is 6.42 Å². The minimum absolute atomic E-state index is 0.0782. The highest BCUT2D eigenvalue weighted by Crippen LogP contribution is 2.18. The maximum absolute atomic E-state index is 13.2. The van der Waals surface area contributed by atoms with Crippen molar-refractivity contribution in [1.82, 2.24) is 5.32 Å². The molecule has 0 aromatic heterocycles. The van der Waals surface area contributed by atoms with E-state index in [-0.39, 0.29) is 24.9 Å². The molecule has 0 aliphatic heterocycles. The molecule has 0 saturated carbocycles. The summed E-state index contributed by atoms with van der Waals surface area (Å²) in [7, 11) is 0. The van der Waals surface area contributed by atoms with Crippen molar-refractivity contribution >= 4 is 11.9 Å². The monoisotopic (exact) mass is 806 g/mol. The Kier molecular flexibility index (Phi) is 44.6. The summed E-state index contributed by atoms with van der Waals surface area (Å²) in [5.74, 6) is -0.470. The van der Waals surface area contributed by atoms with Crippen molar-refractivity contribution in [2.45, 2.75) is 296 Å². The highest BCUT2D eigenvalue weighted by atomic mass is 16.5. The van der Waals surface area contributed by atoms with Crippen LogP contribution in [0.1, 0.15) is 278 Å². The number of nitrogens with one attached hydrogen (secondary N) is 1. The molecule has 0 aliphatic rings. The minimum Gasteiger partial charge on any atom is -0.462 e. The first-order chi connectivity index (χ1) is 28.0. The molecule has 0 rings (SSSR count). The molecule has 0 fully saturated rings. The summed E-state index contributed by atoms with van der Waals surface area (Å²) >= 11 is 0. The number of allylic oxidation sites excluding steroid dienone is 2. The number of hydrogen-bond acceptors (Lipinski definition) is 5. The minimum atomic E-state index is -0.783. The molecule has 338 valence electrons. The number of aliphatic hydroxyl groups is 2. The van der Waals surface area contributed by atoms with Crippen LogP contribution < -0.4 is 5.32 Å². The van der Waals surface area contributed by atoms with Crippen molar-refractivity contribution in [3.05, 3.63) is 12.2 Å². The van der Waals surface area contributed by atoms with Gasteiger partial charge in [0.15, 0.2) is 0 Å². The molecule has 6 heteroatoms. The van der Waals surface area contributed by atoms with Gasteiger partial charge in [-0.3, -0.25) is 9.59 Å². The van der Waals surface area contributed by atoms with Gasteiger partial charge in [-0.05, 0) is 51.4 Å². The zero-order chi connectivity index (χ0) is 41.7. The van der Waals surface area contributed by atoms with Crippen molar-refractivity contribution in [3.8, 4) is 0 Å². The Morgan fingerprint density at radius 3 is 1.26 bits per heavy atom. The van der Waals surface area contributed by atoms with E-state index in [2.05, 4.69) is 38.2 Å². The normalized spacial score (nSPS) is 13.3. The van der Waals surface area contributed by atoms with Crippen LogP contribution >= 0.6 is 0 Å². The van der Waals surface area contributed by atoms with Crippen LogP contribution in [-0.4, -0.2) is 46.9 Å². The molecule has 0 bridgehead atoms. The van der Waals surface area contributed by atoms with E-state index in [4.69, 9.17) is 4.74 Å². The molecular weight excluding hydrogens is 707 g/mol. The molecule has 0 heterocycles. The number of hydrogen-bond donors (Lipinski definition) is 3.